The van der Waals surface area contributed by atoms with Gasteiger partial charge >= 0.3 is 0 Å². The molecule has 3 rings (SSSR count). The highest BCUT2D eigenvalue weighted by Crippen LogP contribution is 2.42. The topological polar surface area (TPSA) is 104 Å². The summed E-state index contributed by atoms with van der Waals surface area (Å²) in [5.41, 5.74) is 6.96. The molecule has 1 aliphatic heterocycles. The normalized spacial score (nSPS) is 22.2. The highest BCUT2D eigenvalue weighted by atomic mass is 16.3. The van der Waals surface area contributed by atoms with Gasteiger partial charge in [-0.1, -0.05) is 52.2 Å². The monoisotopic (exact) mass is 412 g/mol. The molecule has 2 atom stereocenters. The van der Waals surface area contributed by atoms with Crippen LogP contribution in [0.5, 0.6) is 0 Å². The fraction of sp³-hybridized carbons (Fsp3) is 0.500. The minimum absolute atomic E-state index is 0.132. The first-order valence-electron chi connectivity index (χ1n) is 10.6. The predicted molar refractivity (Wildman–Crippen MR) is 117 cm³/mol. The van der Waals surface area contributed by atoms with E-state index in [0.717, 1.165) is 43.9 Å². The maximum absolute atomic E-state index is 13.2. The second kappa shape index (κ2) is 8.64. The molecule has 2 unspecified atom stereocenters. The number of nitrogens with zero attached hydrogens (tertiary/aromatic N) is 1. The van der Waals surface area contributed by atoms with Crippen molar-refractivity contribution in [1.29, 1.82) is 0 Å². The number of amides is 1. The van der Waals surface area contributed by atoms with Gasteiger partial charge < -0.3 is 15.9 Å². The van der Waals surface area contributed by atoms with Crippen molar-refractivity contribution in [3.63, 3.8) is 0 Å². The fourth-order valence-corrected chi connectivity index (χ4v) is 4.51. The minimum atomic E-state index is -0.695. The Bertz CT molecular complexity index is 858. The van der Waals surface area contributed by atoms with E-state index in [-0.39, 0.29) is 17.3 Å². The van der Waals surface area contributed by atoms with Crippen molar-refractivity contribution >= 4 is 17.4 Å². The SMILES string of the molecule is CC(C)(C)C(=O)C1=C(O)C(=O)N(c2ccc(C(N)/C=C\O)cc2)C1C1CCCCC1. The third-order valence-corrected chi connectivity index (χ3v) is 6.12. The number of hydrogen-bond donors (Lipinski definition) is 3. The number of carbonyl (C=O) groups excluding carboxylic acids is 2. The lowest BCUT2D eigenvalue weighted by atomic mass is 9.76. The van der Waals surface area contributed by atoms with Crippen LogP contribution in [0, 0.1) is 11.3 Å². The van der Waals surface area contributed by atoms with Gasteiger partial charge in [-0.15, -0.1) is 0 Å². The minimum Gasteiger partial charge on any atom is -0.516 e. The molecule has 1 heterocycles. The second-order valence-corrected chi connectivity index (χ2v) is 9.32. The highest BCUT2D eigenvalue weighted by Gasteiger charge is 2.48. The van der Waals surface area contributed by atoms with Crippen LogP contribution in [0.4, 0.5) is 5.69 Å². The van der Waals surface area contributed by atoms with Crippen molar-refractivity contribution in [3.05, 3.63) is 53.5 Å². The van der Waals surface area contributed by atoms with Gasteiger partial charge in [-0.05, 0) is 42.5 Å². The second-order valence-electron chi connectivity index (χ2n) is 9.32. The first-order chi connectivity index (χ1) is 14.2. The summed E-state index contributed by atoms with van der Waals surface area (Å²) in [5, 5.41) is 19.7. The summed E-state index contributed by atoms with van der Waals surface area (Å²) in [6, 6.07) is 6.24. The molecule has 162 valence electrons. The molecule has 0 saturated heterocycles. The Hall–Kier alpha value is -2.60. The number of ketones is 1. The standard InChI is InChI=1S/C24H32N2O4/c1-24(2,3)22(29)19-20(16-7-5-4-6-8-16)26(23(30)21(19)28)17-11-9-15(10-12-17)18(25)13-14-27/h9-14,16,18,20,27-28H,4-8,25H2,1-3H3/b14-13-. The fourth-order valence-electron chi connectivity index (χ4n) is 4.51. The molecule has 30 heavy (non-hydrogen) atoms. The van der Waals surface area contributed by atoms with E-state index in [2.05, 4.69) is 0 Å². The van der Waals surface area contributed by atoms with Crippen molar-refractivity contribution in [2.75, 3.05) is 4.90 Å². The van der Waals surface area contributed by atoms with E-state index >= 15 is 0 Å². The molecular weight excluding hydrogens is 380 g/mol. The lowest BCUT2D eigenvalue weighted by Crippen LogP contribution is -2.44. The van der Waals surface area contributed by atoms with Crippen LogP contribution in [-0.2, 0) is 9.59 Å². The van der Waals surface area contributed by atoms with E-state index in [0.29, 0.717) is 5.69 Å². The quantitative estimate of drug-likeness (QED) is 0.619. The summed E-state index contributed by atoms with van der Waals surface area (Å²) < 4.78 is 0. The molecule has 1 fully saturated rings. The van der Waals surface area contributed by atoms with E-state index in [1.165, 1.54) is 6.08 Å². The summed E-state index contributed by atoms with van der Waals surface area (Å²) in [6.07, 6.45) is 7.49. The summed E-state index contributed by atoms with van der Waals surface area (Å²) in [4.78, 5) is 27.9. The number of benzene rings is 1. The number of carbonyl (C=O) groups is 2. The van der Waals surface area contributed by atoms with E-state index < -0.39 is 29.2 Å². The van der Waals surface area contributed by atoms with Crippen LogP contribution in [-0.4, -0.2) is 27.9 Å². The molecule has 0 radical (unpaired) electrons. The Labute approximate surface area is 178 Å². The van der Waals surface area contributed by atoms with Crippen LogP contribution in [0.25, 0.3) is 0 Å². The molecule has 1 saturated carbocycles. The molecule has 1 aliphatic carbocycles. The average Bonchev–Trinajstić information content (AvgIpc) is 2.98. The maximum Gasteiger partial charge on any atom is 0.294 e. The third-order valence-electron chi connectivity index (χ3n) is 6.12. The number of hydrogen-bond acceptors (Lipinski definition) is 5. The third kappa shape index (κ3) is 4.15. The van der Waals surface area contributed by atoms with E-state index in [4.69, 9.17) is 10.8 Å². The summed E-state index contributed by atoms with van der Waals surface area (Å²) in [6.45, 7) is 5.43. The summed E-state index contributed by atoms with van der Waals surface area (Å²) >= 11 is 0. The van der Waals surface area contributed by atoms with Crippen molar-refractivity contribution in [3.8, 4) is 0 Å². The molecule has 6 nitrogen and oxygen atoms in total. The lowest BCUT2D eigenvalue weighted by Gasteiger charge is -2.36. The molecule has 1 aromatic rings. The van der Waals surface area contributed by atoms with E-state index in [9.17, 15) is 14.7 Å². The zero-order valence-corrected chi connectivity index (χ0v) is 18.0. The summed E-state index contributed by atoms with van der Waals surface area (Å²) in [7, 11) is 0. The van der Waals surface area contributed by atoms with E-state index in [1.807, 2.05) is 20.8 Å². The number of nitrogens with two attached hydrogens (primary N) is 1. The molecular formula is C24H32N2O4. The molecule has 6 heteroatoms. The van der Waals surface area contributed by atoms with Gasteiger partial charge in [0.1, 0.15) is 0 Å². The summed E-state index contributed by atoms with van der Waals surface area (Å²) in [5.74, 6) is -0.994. The Morgan fingerprint density at radius 1 is 1.17 bits per heavy atom. The zero-order valence-electron chi connectivity index (χ0n) is 18.0. The first kappa shape index (κ1) is 22.1. The van der Waals surface area contributed by atoms with Gasteiger partial charge in [0, 0.05) is 11.1 Å². The van der Waals surface area contributed by atoms with Crippen LogP contribution in [0.2, 0.25) is 0 Å². The van der Waals surface area contributed by atoms with E-state index in [1.54, 1.807) is 29.2 Å². The lowest BCUT2D eigenvalue weighted by molar-refractivity contribution is -0.123. The van der Waals surface area contributed by atoms with Crippen molar-refractivity contribution in [2.24, 2.45) is 17.1 Å². The number of anilines is 1. The highest BCUT2D eigenvalue weighted by molar-refractivity contribution is 6.17. The van der Waals surface area contributed by atoms with Gasteiger partial charge in [0.15, 0.2) is 11.5 Å². The van der Waals surface area contributed by atoms with Gasteiger partial charge in [-0.25, -0.2) is 0 Å². The van der Waals surface area contributed by atoms with Crippen molar-refractivity contribution < 1.29 is 19.8 Å². The number of rotatable bonds is 5. The van der Waals surface area contributed by atoms with Crippen LogP contribution in [0.1, 0.15) is 64.5 Å². The van der Waals surface area contributed by atoms with Crippen molar-refractivity contribution in [1.82, 2.24) is 0 Å². The Morgan fingerprint density at radius 3 is 2.30 bits per heavy atom. The number of aliphatic hydroxyl groups excluding tert-OH is 2. The molecule has 0 spiro atoms. The van der Waals surface area contributed by atoms with Crippen molar-refractivity contribution in [2.45, 2.75) is 65.0 Å². The van der Waals surface area contributed by atoms with Gasteiger partial charge in [0.2, 0.25) is 0 Å². The van der Waals surface area contributed by atoms with Crippen LogP contribution >= 0.6 is 0 Å². The first-order valence-corrected chi connectivity index (χ1v) is 10.6. The van der Waals surface area contributed by atoms with Gasteiger partial charge in [0.25, 0.3) is 5.91 Å². The Kier molecular flexibility index (Phi) is 6.36. The van der Waals surface area contributed by atoms with Gasteiger partial charge in [0.05, 0.1) is 23.9 Å². The predicted octanol–water partition coefficient (Wildman–Crippen LogP) is 4.48. The smallest absolute Gasteiger partial charge is 0.294 e. The average molecular weight is 413 g/mol. The Balaban J connectivity index is 2.02. The van der Waals surface area contributed by atoms with Crippen LogP contribution in [0.3, 0.4) is 0 Å². The molecule has 1 amide bonds. The maximum atomic E-state index is 13.2. The van der Waals surface area contributed by atoms with Gasteiger partial charge in [-0.3, -0.25) is 14.5 Å². The molecule has 1 aromatic carbocycles. The molecule has 4 N–H and O–H groups in total. The van der Waals surface area contributed by atoms with Crippen LogP contribution < -0.4 is 10.6 Å². The number of aliphatic hydroxyl groups is 2. The molecule has 0 bridgehead atoms. The zero-order chi connectivity index (χ0) is 22.1. The number of Topliss-reactive ketones (excluding diaryl/α,β-unsaturated/α-hetero) is 1. The molecule has 0 aromatic heterocycles. The largest absolute Gasteiger partial charge is 0.516 e. The van der Waals surface area contributed by atoms with Crippen LogP contribution in [0.15, 0.2) is 47.9 Å². The Morgan fingerprint density at radius 2 is 1.77 bits per heavy atom. The molecule has 2 aliphatic rings. The van der Waals surface area contributed by atoms with Gasteiger partial charge in [-0.2, -0.15) is 0 Å².